The molecule has 32 heavy (non-hydrogen) atoms. The van der Waals surface area contributed by atoms with Crippen LogP contribution in [0.25, 0.3) is 10.9 Å². The van der Waals surface area contributed by atoms with Crippen LogP contribution in [0.5, 0.6) is 5.75 Å². The third kappa shape index (κ3) is 4.47. The van der Waals surface area contributed by atoms with Gasteiger partial charge in [-0.1, -0.05) is 24.9 Å². The largest absolute Gasteiger partial charge is 0.494 e. The fourth-order valence-corrected chi connectivity index (χ4v) is 6.61. The van der Waals surface area contributed by atoms with E-state index in [9.17, 15) is 13.6 Å². The maximum absolute atomic E-state index is 15.0. The van der Waals surface area contributed by atoms with Gasteiger partial charge in [-0.05, 0) is 43.8 Å². The number of aromatic nitrogens is 1. The Morgan fingerprint density at radius 3 is 2.59 bits per heavy atom. The third-order valence-electron chi connectivity index (χ3n) is 5.48. The van der Waals surface area contributed by atoms with Gasteiger partial charge in [-0.15, -0.1) is 0 Å². The topological polar surface area (TPSA) is 43.6 Å². The van der Waals surface area contributed by atoms with Gasteiger partial charge in [0.15, 0.2) is 19.8 Å². The van der Waals surface area contributed by atoms with Crippen LogP contribution < -0.4 is 10.3 Å². The predicted molar refractivity (Wildman–Crippen MR) is 126 cm³/mol. The van der Waals surface area contributed by atoms with Gasteiger partial charge in [0.1, 0.15) is 11.6 Å². The van der Waals surface area contributed by atoms with Crippen molar-refractivity contribution < 1.29 is 17.9 Å². The molecule has 0 bridgehead atoms. The minimum atomic E-state index is -2.94. The zero-order valence-electron chi connectivity index (χ0n) is 18.3. The standard InChI is InChI=1S/C23H24ClF3N2O2Si/c1-5-6-20(26)32(3,4)29-18-12-15(25)11-17(16(18)8-10-21(29)30)28-13-14-7-9-19(31-2)23(27)22(14)24/h7-13,20H,5-6H2,1-4H3. The lowest BCUT2D eigenvalue weighted by Crippen LogP contribution is -2.52. The number of halogens is 4. The SMILES string of the molecule is CCCC(F)[Si](C)(C)n1c(=O)ccc2c(N=Cc3ccc(OC)c(F)c3Cl)cc(F)cc21. The molecule has 0 saturated heterocycles. The molecule has 0 aliphatic rings. The van der Waals surface area contributed by atoms with E-state index in [1.54, 1.807) is 13.1 Å². The molecule has 1 unspecified atom stereocenters. The molecule has 0 spiro atoms. The Morgan fingerprint density at radius 2 is 1.94 bits per heavy atom. The van der Waals surface area contributed by atoms with Gasteiger partial charge < -0.3 is 8.97 Å². The first-order chi connectivity index (χ1) is 15.1. The highest BCUT2D eigenvalue weighted by Gasteiger charge is 2.36. The molecule has 1 heterocycles. The molecule has 0 aliphatic heterocycles. The Kier molecular flexibility index (Phi) is 7.15. The Bertz CT molecular complexity index is 1240. The van der Waals surface area contributed by atoms with Crippen LogP contribution in [0, 0.1) is 11.6 Å². The smallest absolute Gasteiger partial charge is 0.243 e. The van der Waals surface area contributed by atoms with Gasteiger partial charge in [0, 0.05) is 34.8 Å². The van der Waals surface area contributed by atoms with Gasteiger partial charge >= 0.3 is 0 Å². The number of hydrogen-bond donors (Lipinski definition) is 0. The molecule has 3 rings (SSSR count). The lowest BCUT2D eigenvalue weighted by molar-refractivity contribution is 0.386. The average Bonchev–Trinajstić information content (AvgIpc) is 2.74. The Hall–Kier alpha value is -2.58. The first kappa shape index (κ1) is 24.1. The van der Waals surface area contributed by atoms with Crippen molar-refractivity contribution in [2.45, 2.75) is 38.7 Å². The number of alkyl halides is 1. The molecule has 0 aliphatic carbocycles. The Labute approximate surface area is 190 Å². The lowest BCUT2D eigenvalue weighted by atomic mass is 10.1. The van der Waals surface area contributed by atoms with Crippen LogP contribution in [-0.4, -0.2) is 31.6 Å². The van der Waals surface area contributed by atoms with E-state index in [2.05, 4.69) is 4.99 Å². The Morgan fingerprint density at radius 1 is 1.22 bits per heavy atom. The number of benzene rings is 2. The fourth-order valence-electron chi connectivity index (χ4n) is 3.68. The maximum Gasteiger partial charge on any atom is 0.243 e. The summed E-state index contributed by atoms with van der Waals surface area (Å²) in [4.78, 5) is 17.0. The normalized spacial score (nSPS) is 13.1. The van der Waals surface area contributed by atoms with Gasteiger partial charge in [-0.3, -0.25) is 9.79 Å². The van der Waals surface area contributed by atoms with Crippen molar-refractivity contribution in [3.63, 3.8) is 0 Å². The summed E-state index contributed by atoms with van der Waals surface area (Å²) in [5.41, 5.74) is 0.398. The number of aliphatic imine (C=N–C) groups is 1. The molecular weight excluding hydrogens is 457 g/mol. The van der Waals surface area contributed by atoms with Crippen molar-refractivity contribution >= 4 is 42.6 Å². The summed E-state index contributed by atoms with van der Waals surface area (Å²) in [5.74, 6) is -2.53. The van der Waals surface area contributed by atoms with E-state index in [1.807, 2.05) is 6.92 Å². The summed E-state index contributed by atoms with van der Waals surface area (Å²) in [6.45, 7) is 5.38. The highest BCUT2D eigenvalue weighted by atomic mass is 35.5. The zero-order valence-corrected chi connectivity index (χ0v) is 20.0. The van der Waals surface area contributed by atoms with Crippen molar-refractivity contribution in [3.05, 3.63) is 69.0 Å². The maximum atomic E-state index is 15.0. The number of ether oxygens (including phenoxy) is 1. The van der Waals surface area contributed by atoms with Crippen LogP contribution in [0.4, 0.5) is 18.9 Å². The average molecular weight is 481 g/mol. The lowest BCUT2D eigenvalue weighted by Gasteiger charge is -2.30. The molecular formula is C23H24ClF3N2O2Si. The summed E-state index contributed by atoms with van der Waals surface area (Å²) in [6.07, 6.45) is 2.27. The van der Waals surface area contributed by atoms with E-state index in [4.69, 9.17) is 16.3 Å². The first-order valence-corrected chi connectivity index (χ1v) is 13.6. The van der Waals surface area contributed by atoms with Crippen molar-refractivity contribution in [2.75, 3.05) is 7.11 Å². The predicted octanol–water partition coefficient (Wildman–Crippen LogP) is 6.42. The molecule has 4 nitrogen and oxygen atoms in total. The van der Waals surface area contributed by atoms with E-state index in [0.29, 0.717) is 18.2 Å². The highest BCUT2D eigenvalue weighted by Crippen LogP contribution is 2.31. The van der Waals surface area contributed by atoms with Gasteiger partial charge in [-0.25, -0.2) is 13.2 Å². The second-order valence-corrected chi connectivity index (χ2v) is 12.8. The number of rotatable bonds is 7. The summed E-state index contributed by atoms with van der Waals surface area (Å²) in [6, 6.07) is 8.24. The van der Waals surface area contributed by atoms with Crippen molar-refractivity contribution in [3.8, 4) is 5.75 Å². The van der Waals surface area contributed by atoms with Crippen LogP contribution in [0.3, 0.4) is 0 Å². The van der Waals surface area contributed by atoms with Gasteiger partial charge in [0.25, 0.3) is 0 Å². The van der Waals surface area contributed by atoms with E-state index in [-0.39, 0.29) is 33.1 Å². The fraction of sp³-hybridized carbons (Fsp3) is 0.304. The molecule has 0 radical (unpaired) electrons. The molecule has 0 amide bonds. The van der Waals surface area contributed by atoms with Gasteiger partial charge in [0.05, 0.1) is 17.8 Å². The number of methoxy groups -OCH3 is 1. The molecule has 0 saturated carbocycles. The molecule has 1 atom stereocenters. The molecule has 170 valence electrons. The molecule has 3 aromatic rings. The molecule has 0 N–H and O–H groups in total. The summed E-state index contributed by atoms with van der Waals surface area (Å²) in [5, 5.41) is 0.302. The van der Waals surface area contributed by atoms with Gasteiger partial charge in [0.2, 0.25) is 5.56 Å². The zero-order chi connectivity index (χ0) is 23.6. The first-order valence-electron chi connectivity index (χ1n) is 10.2. The van der Waals surface area contributed by atoms with E-state index in [1.165, 1.54) is 54.0 Å². The molecule has 0 fully saturated rings. The second-order valence-electron chi connectivity index (χ2n) is 8.02. The van der Waals surface area contributed by atoms with Crippen LogP contribution in [0.2, 0.25) is 18.1 Å². The summed E-state index contributed by atoms with van der Waals surface area (Å²) < 4.78 is 50.1. The quantitative estimate of drug-likeness (QED) is 0.289. The minimum absolute atomic E-state index is 0.00702. The van der Waals surface area contributed by atoms with Crippen LogP contribution in [0.1, 0.15) is 25.3 Å². The minimum Gasteiger partial charge on any atom is -0.494 e. The van der Waals surface area contributed by atoms with Gasteiger partial charge in [-0.2, -0.15) is 0 Å². The Balaban J connectivity index is 2.18. The van der Waals surface area contributed by atoms with Crippen LogP contribution >= 0.6 is 11.6 Å². The number of fused-ring (bicyclic) bond motifs is 1. The van der Waals surface area contributed by atoms with E-state index in [0.717, 1.165) is 0 Å². The van der Waals surface area contributed by atoms with Crippen molar-refractivity contribution in [1.29, 1.82) is 0 Å². The molecule has 1 aromatic heterocycles. The van der Waals surface area contributed by atoms with Crippen molar-refractivity contribution in [2.24, 2.45) is 4.99 Å². The summed E-state index contributed by atoms with van der Waals surface area (Å²) >= 11 is 6.06. The monoisotopic (exact) mass is 480 g/mol. The van der Waals surface area contributed by atoms with E-state index >= 15 is 4.39 Å². The summed E-state index contributed by atoms with van der Waals surface area (Å²) in [7, 11) is -1.61. The molecule has 9 heteroatoms. The second kappa shape index (κ2) is 9.50. The van der Waals surface area contributed by atoms with Crippen molar-refractivity contribution in [1.82, 2.24) is 4.23 Å². The van der Waals surface area contributed by atoms with E-state index < -0.39 is 25.7 Å². The third-order valence-corrected chi connectivity index (χ3v) is 9.30. The van der Waals surface area contributed by atoms with Crippen LogP contribution in [-0.2, 0) is 0 Å². The molecule has 2 aromatic carbocycles. The number of pyridine rings is 1. The highest BCUT2D eigenvalue weighted by molar-refractivity contribution is 6.77. The van der Waals surface area contributed by atoms with Crippen LogP contribution in [0.15, 0.2) is 46.2 Å². The number of hydrogen-bond acceptors (Lipinski definition) is 3. The number of nitrogens with zero attached hydrogens (tertiary/aromatic N) is 2.